The zero-order valence-electron chi connectivity index (χ0n) is 14.3. The number of guanidine groups is 1. The molecule has 1 aliphatic heterocycles. The molecule has 2 N–H and O–H groups in total. The molecule has 0 bridgehead atoms. The van der Waals surface area contributed by atoms with Crippen molar-refractivity contribution in [2.24, 2.45) is 10.9 Å². The number of aryl methyl sites for hydroxylation is 2. The molecule has 0 amide bonds. The summed E-state index contributed by atoms with van der Waals surface area (Å²) in [6, 6.07) is 0. The molecule has 6 nitrogen and oxygen atoms in total. The summed E-state index contributed by atoms with van der Waals surface area (Å²) in [5.41, 5.74) is 0.946. The molecule has 2 heterocycles. The van der Waals surface area contributed by atoms with E-state index >= 15 is 0 Å². The Balaban J connectivity index is 1.67. The minimum Gasteiger partial charge on any atom is -0.444 e. The SMILES string of the molecule is CN=C(NCCC1CCN(C)CC1)NCc1nc(C)c(C)o1. The summed E-state index contributed by atoms with van der Waals surface area (Å²) in [7, 11) is 3.99. The fourth-order valence-electron chi connectivity index (χ4n) is 2.74. The van der Waals surface area contributed by atoms with Crippen molar-refractivity contribution >= 4 is 5.96 Å². The third-order valence-corrected chi connectivity index (χ3v) is 4.39. The smallest absolute Gasteiger partial charge is 0.214 e. The van der Waals surface area contributed by atoms with Gasteiger partial charge in [-0.2, -0.15) is 0 Å². The maximum atomic E-state index is 5.56. The van der Waals surface area contributed by atoms with Crippen molar-refractivity contribution in [1.82, 2.24) is 20.5 Å². The van der Waals surface area contributed by atoms with Gasteiger partial charge in [0.2, 0.25) is 5.89 Å². The second-order valence-electron chi connectivity index (χ2n) is 6.14. The summed E-state index contributed by atoms with van der Waals surface area (Å²) in [5.74, 6) is 3.22. The molecule has 0 atom stereocenters. The first-order valence-corrected chi connectivity index (χ1v) is 8.14. The fraction of sp³-hybridized carbons (Fsp3) is 0.750. The molecule has 2 rings (SSSR count). The minimum absolute atomic E-state index is 0.558. The Kier molecular flexibility index (Phi) is 6.24. The zero-order valence-corrected chi connectivity index (χ0v) is 14.3. The van der Waals surface area contributed by atoms with E-state index in [1.807, 2.05) is 13.8 Å². The van der Waals surface area contributed by atoms with Crippen LogP contribution in [0.1, 0.15) is 36.6 Å². The number of hydrogen-bond donors (Lipinski definition) is 2. The highest BCUT2D eigenvalue weighted by Gasteiger charge is 2.16. The molecule has 0 aromatic carbocycles. The molecule has 0 unspecified atom stereocenters. The van der Waals surface area contributed by atoms with Gasteiger partial charge in [0.25, 0.3) is 0 Å². The first kappa shape index (κ1) is 16.8. The van der Waals surface area contributed by atoms with E-state index in [0.717, 1.165) is 29.9 Å². The van der Waals surface area contributed by atoms with E-state index < -0.39 is 0 Å². The van der Waals surface area contributed by atoms with Crippen LogP contribution in [0.15, 0.2) is 9.41 Å². The summed E-state index contributed by atoms with van der Waals surface area (Å²) in [4.78, 5) is 11.0. The van der Waals surface area contributed by atoms with E-state index in [1.54, 1.807) is 7.05 Å². The predicted molar refractivity (Wildman–Crippen MR) is 89.0 cm³/mol. The van der Waals surface area contributed by atoms with Gasteiger partial charge in [0, 0.05) is 13.6 Å². The molecule has 1 aromatic rings. The molecule has 0 spiro atoms. The Morgan fingerprint density at radius 3 is 2.64 bits per heavy atom. The minimum atomic E-state index is 0.558. The second kappa shape index (κ2) is 8.17. The summed E-state index contributed by atoms with van der Waals surface area (Å²) >= 11 is 0. The van der Waals surface area contributed by atoms with Gasteiger partial charge in [0.05, 0.1) is 12.2 Å². The van der Waals surface area contributed by atoms with Crippen molar-refractivity contribution in [3.63, 3.8) is 0 Å². The lowest BCUT2D eigenvalue weighted by Gasteiger charge is -2.29. The molecule has 0 saturated carbocycles. The number of likely N-dealkylation sites (tertiary alicyclic amines) is 1. The van der Waals surface area contributed by atoms with Crippen LogP contribution in [0.25, 0.3) is 0 Å². The first-order chi connectivity index (χ1) is 10.6. The zero-order chi connectivity index (χ0) is 15.9. The highest BCUT2D eigenvalue weighted by molar-refractivity contribution is 5.79. The molecule has 124 valence electrons. The van der Waals surface area contributed by atoms with Crippen molar-refractivity contribution < 1.29 is 4.42 Å². The summed E-state index contributed by atoms with van der Waals surface area (Å²) in [5, 5.41) is 6.62. The number of hydrogen-bond acceptors (Lipinski definition) is 4. The summed E-state index contributed by atoms with van der Waals surface area (Å²) < 4.78 is 5.56. The van der Waals surface area contributed by atoms with Gasteiger partial charge < -0.3 is 20.0 Å². The normalized spacial score (nSPS) is 17.7. The molecule has 0 radical (unpaired) electrons. The molecule has 1 aliphatic rings. The van der Waals surface area contributed by atoms with Gasteiger partial charge in [-0.1, -0.05) is 0 Å². The van der Waals surface area contributed by atoms with E-state index in [0.29, 0.717) is 12.4 Å². The van der Waals surface area contributed by atoms with Crippen molar-refractivity contribution in [3.8, 4) is 0 Å². The van der Waals surface area contributed by atoms with Gasteiger partial charge in [-0.3, -0.25) is 4.99 Å². The van der Waals surface area contributed by atoms with Crippen molar-refractivity contribution in [2.45, 2.75) is 39.7 Å². The average molecular weight is 307 g/mol. The topological polar surface area (TPSA) is 65.7 Å². The van der Waals surface area contributed by atoms with Crippen LogP contribution in [0.5, 0.6) is 0 Å². The number of nitrogens with zero attached hydrogens (tertiary/aromatic N) is 3. The predicted octanol–water partition coefficient (Wildman–Crippen LogP) is 1.69. The fourth-order valence-corrected chi connectivity index (χ4v) is 2.74. The Morgan fingerprint density at radius 1 is 1.32 bits per heavy atom. The van der Waals surface area contributed by atoms with Crippen molar-refractivity contribution in [2.75, 3.05) is 33.7 Å². The van der Waals surface area contributed by atoms with E-state index in [9.17, 15) is 0 Å². The molecule has 6 heteroatoms. The largest absolute Gasteiger partial charge is 0.444 e. The first-order valence-electron chi connectivity index (χ1n) is 8.14. The standard InChI is InChI=1S/C16H29N5O/c1-12-13(2)22-15(20-12)11-19-16(17-3)18-8-5-14-6-9-21(4)10-7-14/h14H,5-11H2,1-4H3,(H2,17,18,19). The summed E-state index contributed by atoms with van der Waals surface area (Å²) in [6.45, 7) is 7.85. The van der Waals surface area contributed by atoms with E-state index in [1.165, 1.54) is 32.4 Å². The number of piperidine rings is 1. The Hall–Kier alpha value is -1.56. The van der Waals surface area contributed by atoms with Gasteiger partial charge in [-0.15, -0.1) is 0 Å². The van der Waals surface area contributed by atoms with E-state index in [2.05, 4.69) is 32.6 Å². The number of rotatable bonds is 5. The maximum absolute atomic E-state index is 5.56. The van der Waals surface area contributed by atoms with Crippen molar-refractivity contribution in [1.29, 1.82) is 0 Å². The van der Waals surface area contributed by atoms with Crippen LogP contribution >= 0.6 is 0 Å². The van der Waals surface area contributed by atoms with Gasteiger partial charge in [-0.25, -0.2) is 4.98 Å². The molecule has 1 saturated heterocycles. The quantitative estimate of drug-likeness (QED) is 0.640. The van der Waals surface area contributed by atoms with E-state index in [4.69, 9.17) is 4.42 Å². The van der Waals surface area contributed by atoms with Crippen molar-refractivity contribution in [3.05, 3.63) is 17.3 Å². The van der Waals surface area contributed by atoms with Crippen LogP contribution in [0.3, 0.4) is 0 Å². The molecular formula is C16H29N5O. The molecule has 1 fully saturated rings. The lowest BCUT2D eigenvalue weighted by molar-refractivity contribution is 0.213. The number of oxazole rings is 1. The average Bonchev–Trinajstić information content (AvgIpc) is 2.83. The Bertz CT molecular complexity index is 469. The number of aliphatic imine (C=N–C) groups is 1. The molecule has 0 aliphatic carbocycles. The number of nitrogens with one attached hydrogen (secondary N) is 2. The molecular weight excluding hydrogens is 278 g/mol. The van der Waals surface area contributed by atoms with Crippen LogP contribution in [-0.4, -0.2) is 49.6 Å². The Labute approximate surface area is 133 Å². The van der Waals surface area contributed by atoms with Crippen LogP contribution in [0, 0.1) is 19.8 Å². The van der Waals surface area contributed by atoms with Gasteiger partial charge >= 0.3 is 0 Å². The van der Waals surface area contributed by atoms with Gasteiger partial charge in [-0.05, 0) is 59.2 Å². The summed E-state index contributed by atoms with van der Waals surface area (Å²) in [6.07, 6.45) is 3.81. The van der Waals surface area contributed by atoms with Gasteiger partial charge in [0.1, 0.15) is 5.76 Å². The van der Waals surface area contributed by atoms with Crippen LogP contribution in [0.2, 0.25) is 0 Å². The molecule has 1 aromatic heterocycles. The third-order valence-electron chi connectivity index (χ3n) is 4.39. The number of aromatic nitrogens is 1. The lowest BCUT2D eigenvalue weighted by atomic mass is 9.94. The highest BCUT2D eigenvalue weighted by atomic mass is 16.4. The third kappa shape index (κ3) is 5.02. The van der Waals surface area contributed by atoms with Crippen LogP contribution in [0.4, 0.5) is 0 Å². The second-order valence-corrected chi connectivity index (χ2v) is 6.14. The maximum Gasteiger partial charge on any atom is 0.214 e. The Morgan fingerprint density at radius 2 is 2.05 bits per heavy atom. The highest BCUT2D eigenvalue weighted by Crippen LogP contribution is 2.18. The van der Waals surface area contributed by atoms with Crippen LogP contribution < -0.4 is 10.6 Å². The lowest BCUT2D eigenvalue weighted by Crippen LogP contribution is -2.38. The van der Waals surface area contributed by atoms with Gasteiger partial charge in [0.15, 0.2) is 5.96 Å². The monoisotopic (exact) mass is 307 g/mol. The van der Waals surface area contributed by atoms with E-state index in [-0.39, 0.29) is 0 Å². The molecule has 22 heavy (non-hydrogen) atoms. The van der Waals surface area contributed by atoms with Crippen LogP contribution in [-0.2, 0) is 6.54 Å².